The Labute approximate surface area is 265 Å². The number of carbonyl (C=O) groups is 1. The zero-order valence-electron chi connectivity index (χ0n) is 27.4. The lowest BCUT2D eigenvalue weighted by molar-refractivity contribution is -0.130. The molecule has 2 N–H and O–H groups in total. The van der Waals surface area contributed by atoms with Gasteiger partial charge in [0, 0.05) is 25.9 Å². The van der Waals surface area contributed by atoms with E-state index in [2.05, 4.69) is 56.8 Å². The van der Waals surface area contributed by atoms with Crippen molar-refractivity contribution in [2.45, 2.75) is 115 Å². The van der Waals surface area contributed by atoms with Gasteiger partial charge in [-0.05, 0) is 115 Å². The number of hydrogen-bond donors (Lipinski definition) is 2. The second-order valence-electron chi connectivity index (χ2n) is 14.2. The topological polar surface area (TPSA) is 70.0 Å². The van der Waals surface area contributed by atoms with Gasteiger partial charge in [-0.3, -0.25) is 4.79 Å². The Balaban J connectivity index is 1.19. The molecule has 240 valence electrons. The number of phenols is 1. The predicted octanol–water partition coefficient (Wildman–Crippen LogP) is 8.54. The number of benzene rings is 2. The molecule has 2 unspecified atom stereocenters. The quantitative estimate of drug-likeness (QED) is 0.168. The van der Waals surface area contributed by atoms with E-state index in [1.807, 2.05) is 24.1 Å². The van der Waals surface area contributed by atoms with E-state index in [9.17, 15) is 15.0 Å². The van der Waals surface area contributed by atoms with Crippen LogP contribution in [0.5, 0.6) is 11.5 Å². The zero-order chi connectivity index (χ0) is 31.3. The normalized spacial score (nSPS) is 28.9. The molecule has 0 aromatic heterocycles. The van der Waals surface area contributed by atoms with Crippen molar-refractivity contribution in [1.29, 1.82) is 0 Å². The van der Waals surface area contributed by atoms with Crippen molar-refractivity contribution in [2.24, 2.45) is 16.7 Å². The first-order valence-corrected chi connectivity index (χ1v) is 17.3. The van der Waals surface area contributed by atoms with Crippen LogP contribution in [0.2, 0.25) is 0 Å². The van der Waals surface area contributed by atoms with Gasteiger partial charge < -0.3 is 19.8 Å². The highest BCUT2D eigenvalue weighted by Gasteiger charge is 2.63. The molecule has 3 aliphatic rings. The van der Waals surface area contributed by atoms with Crippen molar-refractivity contribution in [1.82, 2.24) is 4.90 Å². The summed E-state index contributed by atoms with van der Waals surface area (Å²) in [5.74, 6) is 2.43. The van der Waals surface area contributed by atoms with E-state index < -0.39 is 0 Å². The van der Waals surface area contributed by atoms with Crippen LogP contribution >= 0.6 is 0 Å². The van der Waals surface area contributed by atoms with Gasteiger partial charge in [0.1, 0.15) is 11.5 Å². The van der Waals surface area contributed by atoms with Crippen LogP contribution in [-0.4, -0.2) is 47.3 Å². The van der Waals surface area contributed by atoms with Gasteiger partial charge in [0.2, 0.25) is 5.91 Å². The molecule has 2 aromatic carbocycles. The third-order valence-electron chi connectivity index (χ3n) is 11.6. The van der Waals surface area contributed by atoms with Gasteiger partial charge in [-0.15, -0.1) is 6.58 Å². The fourth-order valence-corrected chi connectivity index (χ4v) is 9.16. The number of fused-ring (bicyclic) bond motifs is 5. The van der Waals surface area contributed by atoms with E-state index in [1.54, 1.807) is 0 Å². The van der Waals surface area contributed by atoms with Gasteiger partial charge >= 0.3 is 0 Å². The number of aromatic hydroxyl groups is 1. The average molecular weight is 602 g/mol. The summed E-state index contributed by atoms with van der Waals surface area (Å²) in [5, 5.41) is 21.6. The molecule has 5 rings (SSSR count). The number of unbranched alkanes of at least 4 members (excludes halogenated alkanes) is 5. The third-order valence-corrected chi connectivity index (χ3v) is 11.6. The zero-order valence-corrected chi connectivity index (χ0v) is 27.4. The highest BCUT2D eigenvalue weighted by atomic mass is 16.5. The predicted molar refractivity (Wildman–Crippen MR) is 178 cm³/mol. The number of phenolic OH excluding ortho intramolecular Hbond substituents is 1. The molecule has 3 aliphatic carbocycles. The average Bonchev–Trinajstić information content (AvgIpc) is 3.34. The summed E-state index contributed by atoms with van der Waals surface area (Å²) in [6.45, 7) is 10.5. The van der Waals surface area contributed by atoms with Gasteiger partial charge in [-0.2, -0.15) is 0 Å². The van der Waals surface area contributed by atoms with E-state index in [1.165, 1.54) is 16.7 Å². The maximum Gasteiger partial charge on any atom is 0.222 e. The number of amides is 1. The van der Waals surface area contributed by atoms with Gasteiger partial charge in [0.15, 0.2) is 0 Å². The number of ether oxygens (including phenoxy) is 1. The molecular weight excluding hydrogens is 546 g/mol. The molecule has 2 aromatic rings. The lowest BCUT2D eigenvalue weighted by atomic mass is 9.44. The summed E-state index contributed by atoms with van der Waals surface area (Å²) in [6.07, 6.45) is 14.9. The van der Waals surface area contributed by atoms with Gasteiger partial charge in [0.25, 0.3) is 0 Å². The smallest absolute Gasteiger partial charge is 0.222 e. The highest BCUT2D eigenvalue weighted by Crippen LogP contribution is 2.71. The number of aliphatic hydroxyl groups is 1. The lowest BCUT2D eigenvalue weighted by Crippen LogP contribution is -2.53. The Morgan fingerprint density at radius 1 is 1.07 bits per heavy atom. The number of nitrogens with zero attached hydrogens (tertiary/aromatic N) is 1. The van der Waals surface area contributed by atoms with Gasteiger partial charge in [0.05, 0.1) is 12.7 Å². The maximum absolute atomic E-state index is 12.2. The minimum atomic E-state index is -0.288. The molecular formula is C39H55NO4. The molecule has 44 heavy (non-hydrogen) atoms. The Hall–Kier alpha value is -2.79. The number of rotatable bonds is 14. The Morgan fingerprint density at radius 2 is 1.82 bits per heavy atom. The highest BCUT2D eigenvalue weighted by molar-refractivity contribution is 5.75. The van der Waals surface area contributed by atoms with Crippen LogP contribution < -0.4 is 4.74 Å². The second kappa shape index (κ2) is 14.1. The van der Waals surface area contributed by atoms with Crippen molar-refractivity contribution in [3.05, 3.63) is 71.8 Å². The fourth-order valence-electron chi connectivity index (χ4n) is 9.16. The first-order valence-electron chi connectivity index (χ1n) is 17.3. The van der Waals surface area contributed by atoms with E-state index >= 15 is 0 Å². The van der Waals surface area contributed by atoms with Crippen LogP contribution in [0.3, 0.4) is 0 Å². The standard InChI is InChI=1S/C39H55NO4/c1-5-7-24-40(4)36(43)13-11-9-8-10-12-25-44-31-17-14-28(15-18-31)33-27-38(3)34(20-21-35(38)42)39(6-2)23-22-29-26-30(41)16-19-32(29)37(33)39/h6,14-19,26,33-35,37,41-42H,2,5,7-13,20-25,27H2,1,3-4H3/t33-,34?,35+,37?,38+,39+/m1/s1. The first kappa shape index (κ1) is 32.6. The van der Waals surface area contributed by atoms with E-state index in [0.29, 0.717) is 24.7 Å². The number of aliphatic hydroxyl groups excluding tert-OH is 1. The van der Waals surface area contributed by atoms with Crippen LogP contribution in [0, 0.1) is 16.7 Å². The summed E-state index contributed by atoms with van der Waals surface area (Å²) >= 11 is 0. The molecule has 1 amide bonds. The van der Waals surface area contributed by atoms with E-state index in [4.69, 9.17) is 4.74 Å². The van der Waals surface area contributed by atoms with Crippen molar-refractivity contribution in [3.63, 3.8) is 0 Å². The summed E-state index contributed by atoms with van der Waals surface area (Å²) < 4.78 is 6.14. The largest absolute Gasteiger partial charge is 0.508 e. The molecule has 0 aliphatic heterocycles. The fraction of sp³-hybridized carbons (Fsp3) is 0.615. The molecule has 6 atom stereocenters. The van der Waals surface area contributed by atoms with E-state index in [-0.39, 0.29) is 34.7 Å². The Bertz CT molecular complexity index is 1270. The number of carbonyl (C=O) groups excluding carboxylic acids is 1. The Morgan fingerprint density at radius 3 is 2.57 bits per heavy atom. The molecule has 0 spiro atoms. The number of hydrogen-bond acceptors (Lipinski definition) is 4. The van der Waals surface area contributed by atoms with Crippen LogP contribution in [0.1, 0.15) is 119 Å². The summed E-state index contributed by atoms with van der Waals surface area (Å²) in [5.41, 5.74) is 3.67. The number of allylic oxidation sites excluding steroid dienone is 1. The second-order valence-corrected chi connectivity index (χ2v) is 14.2. The molecule has 5 nitrogen and oxygen atoms in total. The van der Waals surface area contributed by atoms with Gasteiger partial charge in [-0.1, -0.05) is 63.8 Å². The van der Waals surface area contributed by atoms with Crippen molar-refractivity contribution in [3.8, 4) is 11.5 Å². The molecule has 0 bridgehead atoms. The monoisotopic (exact) mass is 601 g/mol. The summed E-state index contributed by atoms with van der Waals surface area (Å²) in [7, 11) is 1.92. The van der Waals surface area contributed by atoms with Gasteiger partial charge in [-0.25, -0.2) is 0 Å². The van der Waals surface area contributed by atoms with Crippen LogP contribution in [0.25, 0.3) is 0 Å². The lowest BCUT2D eigenvalue weighted by Gasteiger charge is -2.60. The van der Waals surface area contributed by atoms with Crippen LogP contribution in [0.4, 0.5) is 0 Å². The maximum atomic E-state index is 12.2. The van der Waals surface area contributed by atoms with Crippen molar-refractivity contribution < 1.29 is 19.7 Å². The molecule has 0 saturated heterocycles. The first-order chi connectivity index (χ1) is 21.2. The number of aryl methyl sites for hydroxylation is 1. The summed E-state index contributed by atoms with van der Waals surface area (Å²) in [6, 6.07) is 14.7. The molecule has 2 fully saturated rings. The van der Waals surface area contributed by atoms with Crippen LogP contribution in [0.15, 0.2) is 55.1 Å². The third kappa shape index (κ3) is 6.45. The molecule has 0 heterocycles. The minimum Gasteiger partial charge on any atom is -0.508 e. The van der Waals surface area contributed by atoms with Crippen molar-refractivity contribution >= 4 is 5.91 Å². The Kier molecular flexibility index (Phi) is 10.4. The molecule has 2 saturated carbocycles. The molecule has 5 heteroatoms. The van der Waals surface area contributed by atoms with E-state index in [0.717, 1.165) is 89.3 Å². The minimum absolute atomic E-state index is 0.0768. The van der Waals surface area contributed by atoms with Crippen LogP contribution in [-0.2, 0) is 11.2 Å². The summed E-state index contributed by atoms with van der Waals surface area (Å²) in [4.78, 5) is 14.1. The SMILES string of the molecule is C=C[C@@]12CCc3cc(O)ccc3C1[C@@H](c1ccc(OCCCCCCCC(=O)N(C)CCCC)cc1)C[C@@]1(C)C2CC[C@@H]1O. The molecule has 0 radical (unpaired) electrons. The van der Waals surface area contributed by atoms with Crippen molar-refractivity contribution in [2.75, 3.05) is 20.2 Å².